The topological polar surface area (TPSA) is 69.7 Å². The zero-order chi connectivity index (χ0) is 23.3. The van der Waals surface area contributed by atoms with Crippen LogP contribution in [0.2, 0.25) is 0 Å². The highest BCUT2D eigenvalue weighted by molar-refractivity contribution is 5.97. The molecule has 0 aliphatic heterocycles. The Morgan fingerprint density at radius 3 is 2.59 bits per heavy atom. The van der Waals surface area contributed by atoms with Gasteiger partial charge < -0.3 is 9.47 Å². The summed E-state index contributed by atoms with van der Waals surface area (Å²) in [5, 5.41) is 0. The molecular weight excluding hydrogens is 404 g/mol. The minimum atomic E-state index is -0.318. The zero-order valence-electron chi connectivity index (χ0n) is 20.4. The summed E-state index contributed by atoms with van der Waals surface area (Å²) in [4.78, 5) is 36.9. The van der Waals surface area contributed by atoms with Gasteiger partial charge in [-0.3, -0.25) is 14.4 Å². The molecule has 32 heavy (non-hydrogen) atoms. The second kappa shape index (κ2) is 8.61. The zero-order valence-corrected chi connectivity index (χ0v) is 20.4. The van der Waals surface area contributed by atoms with Gasteiger partial charge in [-0.25, -0.2) is 0 Å². The summed E-state index contributed by atoms with van der Waals surface area (Å²) in [6.45, 7) is 8.28. The van der Waals surface area contributed by atoms with E-state index < -0.39 is 0 Å². The highest BCUT2D eigenvalue weighted by Gasteiger charge is 2.61. The van der Waals surface area contributed by atoms with Crippen LogP contribution in [0.4, 0.5) is 0 Å². The molecule has 4 rings (SSSR count). The van der Waals surface area contributed by atoms with E-state index >= 15 is 0 Å². The lowest BCUT2D eigenvalue weighted by Gasteiger charge is -2.56. The first-order valence-electron chi connectivity index (χ1n) is 12.6. The molecule has 0 spiro atoms. The summed E-state index contributed by atoms with van der Waals surface area (Å²) in [7, 11) is 1.44. The van der Waals surface area contributed by atoms with Crippen LogP contribution in [-0.4, -0.2) is 30.9 Å². The van der Waals surface area contributed by atoms with E-state index in [0.717, 1.165) is 51.4 Å². The number of fused-ring (bicyclic) bond motifs is 5. The Labute approximate surface area is 192 Å². The number of allylic oxidation sites excluding steroid dienone is 2. The highest BCUT2D eigenvalue weighted by Crippen LogP contribution is 2.65. The van der Waals surface area contributed by atoms with Crippen molar-refractivity contribution in [1.82, 2.24) is 0 Å². The first kappa shape index (κ1) is 23.5. The normalized spacial score (nSPS) is 41.6. The lowest BCUT2D eigenvalue weighted by atomic mass is 9.48. The molecule has 3 saturated carbocycles. The van der Waals surface area contributed by atoms with E-state index in [9.17, 15) is 14.4 Å². The monoisotopic (exact) mass is 444 g/mol. The van der Waals surface area contributed by atoms with E-state index in [4.69, 9.17) is 9.47 Å². The largest absolute Gasteiger partial charge is 0.469 e. The summed E-state index contributed by atoms with van der Waals surface area (Å²) >= 11 is 0. The lowest BCUT2D eigenvalue weighted by Crippen LogP contribution is -2.52. The second-order valence-electron chi connectivity index (χ2n) is 11.4. The van der Waals surface area contributed by atoms with Gasteiger partial charge in [-0.2, -0.15) is 0 Å². The standard InChI is InChI=1S/C27H40O5/c1-16(6-11-25(30)31-5)21-9-10-22-20-8-7-18-14-19(32-17(2)28)12-13-26(18,3)23(20)15-24(29)27(21,22)4/h15-16,18-22H,6-14H2,1-5H3/t16-,18?,19-,20?,21?,22?,26+,27-/m1/s1. The van der Waals surface area contributed by atoms with E-state index in [1.807, 2.05) is 6.08 Å². The van der Waals surface area contributed by atoms with Gasteiger partial charge in [0, 0.05) is 18.8 Å². The van der Waals surface area contributed by atoms with Crippen LogP contribution in [0.5, 0.6) is 0 Å². The fraction of sp³-hybridized carbons (Fsp3) is 0.815. The van der Waals surface area contributed by atoms with Crippen LogP contribution >= 0.6 is 0 Å². The van der Waals surface area contributed by atoms with Crippen LogP contribution in [0.1, 0.15) is 85.5 Å². The molecular formula is C27H40O5. The van der Waals surface area contributed by atoms with Crippen molar-refractivity contribution in [3.8, 4) is 0 Å². The minimum absolute atomic E-state index is 0.0267. The van der Waals surface area contributed by atoms with Crippen molar-refractivity contribution in [2.75, 3.05) is 7.11 Å². The summed E-state index contributed by atoms with van der Waals surface area (Å²) in [5.41, 5.74) is 1.12. The van der Waals surface area contributed by atoms with Crippen molar-refractivity contribution in [3.05, 3.63) is 11.6 Å². The second-order valence-corrected chi connectivity index (χ2v) is 11.4. The third-order valence-electron chi connectivity index (χ3n) is 10.0. The molecule has 178 valence electrons. The van der Waals surface area contributed by atoms with Crippen LogP contribution in [0.3, 0.4) is 0 Å². The van der Waals surface area contributed by atoms with E-state index in [1.54, 1.807) is 0 Å². The number of methoxy groups -OCH3 is 1. The van der Waals surface area contributed by atoms with Gasteiger partial charge in [-0.05, 0) is 92.4 Å². The number of hydrogen-bond acceptors (Lipinski definition) is 5. The van der Waals surface area contributed by atoms with Crippen LogP contribution in [0.25, 0.3) is 0 Å². The molecule has 4 aliphatic rings. The molecule has 0 radical (unpaired) electrons. The molecule has 3 fully saturated rings. The van der Waals surface area contributed by atoms with Gasteiger partial charge in [0.25, 0.3) is 0 Å². The average Bonchev–Trinajstić information content (AvgIpc) is 3.11. The Morgan fingerprint density at radius 2 is 1.91 bits per heavy atom. The van der Waals surface area contributed by atoms with Gasteiger partial charge in [-0.15, -0.1) is 0 Å². The van der Waals surface area contributed by atoms with Crippen LogP contribution < -0.4 is 0 Å². The quantitative estimate of drug-likeness (QED) is 0.541. The van der Waals surface area contributed by atoms with E-state index in [-0.39, 0.29) is 28.9 Å². The maximum absolute atomic E-state index is 13.8. The van der Waals surface area contributed by atoms with Crippen LogP contribution in [0.15, 0.2) is 11.6 Å². The summed E-state index contributed by atoms with van der Waals surface area (Å²) in [6, 6.07) is 0. The predicted octanol–water partition coefficient (Wildman–Crippen LogP) is 5.27. The van der Waals surface area contributed by atoms with Gasteiger partial charge in [0.2, 0.25) is 0 Å². The van der Waals surface area contributed by atoms with Gasteiger partial charge >= 0.3 is 11.9 Å². The molecule has 8 atom stereocenters. The molecule has 5 nitrogen and oxygen atoms in total. The van der Waals surface area contributed by atoms with E-state index in [1.165, 1.54) is 19.6 Å². The van der Waals surface area contributed by atoms with Crippen molar-refractivity contribution < 1.29 is 23.9 Å². The number of esters is 2. The van der Waals surface area contributed by atoms with E-state index in [2.05, 4.69) is 20.8 Å². The van der Waals surface area contributed by atoms with E-state index in [0.29, 0.717) is 41.8 Å². The third kappa shape index (κ3) is 3.74. The van der Waals surface area contributed by atoms with Crippen LogP contribution in [-0.2, 0) is 23.9 Å². The molecule has 0 N–H and O–H groups in total. The van der Waals surface area contributed by atoms with Crippen LogP contribution in [0, 0.1) is 40.4 Å². The fourth-order valence-electron chi connectivity index (χ4n) is 8.21. The summed E-state index contributed by atoms with van der Waals surface area (Å²) in [5.74, 6) is 1.99. The van der Waals surface area contributed by atoms with Gasteiger partial charge in [-0.1, -0.05) is 26.3 Å². The minimum Gasteiger partial charge on any atom is -0.469 e. The summed E-state index contributed by atoms with van der Waals surface area (Å²) in [6.07, 6.45) is 10.5. The number of carbonyl (C=O) groups is 3. The Morgan fingerprint density at radius 1 is 1.16 bits per heavy atom. The molecule has 0 aromatic rings. The highest BCUT2D eigenvalue weighted by atomic mass is 16.5. The first-order valence-corrected chi connectivity index (χ1v) is 12.6. The molecule has 0 amide bonds. The molecule has 4 aliphatic carbocycles. The SMILES string of the molecule is COC(=O)CC[C@@H](C)C1CCC2C3CCC4C[C@H](OC(C)=O)CC[C@]4(C)C3=CC(=O)[C@@]21C. The summed E-state index contributed by atoms with van der Waals surface area (Å²) < 4.78 is 10.4. The maximum atomic E-state index is 13.8. The number of hydrogen-bond donors (Lipinski definition) is 0. The molecule has 0 saturated heterocycles. The Hall–Kier alpha value is -1.65. The average molecular weight is 445 g/mol. The van der Waals surface area contributed by atoms with Gasteiger partial charge in [0.05, 0.1) is 7.11 Å². The van der Waals surface area contributed by atoms with Crippen molar-refractivity contribution >= 4 is 17.7 Å². The molecule has 5 heteroatoms. The molecule has 4 unspecified atom stereocenters. The predicted molar refractivity (Wildman–Crippen MR) is 122 cm³/mol. The number of carbonyl (C=O) groups excluding carboxylic acids is 3. The van der Waals surface area contributed by atoms with Crippen molar-refractivity contribution in [2.24, 2.45) is 40.4 Å². The van der Waals surface area contributed by atoms with Crippen molar-refractivity contribution in [1.29, 1.82) is 0 Å². The number of ketones is 1. The Kier molecular flexibility index (Phi) is 6.32. The van der Waals surface area contributed by atoms with Crippen molar-refractivity contribution in [2.45, 2.75) is 91.6 Å². The maximum Gasteiger partial charge on any atom is 0.305 e. The molecule has 0 aromatic carbocycles. The number of ether oxygens (including phenoxy) is 2. The molecule has 0 bridgehead atoms. The van der Waals surface area contributed by atoms with Crippen molar-refractivity contribution in [3.63, 3.8) is 0 Å². The molecule has 0 heterocycles. The smallest absolute Gasteiger partial charge is 0.305 e. The Bertz CT molecular complexity index is 815. The third-order valence-corrected chi connectivity index (χ3v) is 10.0. The van der Waals surface area contributed by atoms with Gasteiger partial charge in [0.1, 0.15) is 6.10 Å². The Balaban J connectivity index is 1.56. The lowest BCUT2D eigenvalue weighted by molar-refractivity contribution is -0.151. The fourth-order valence-corrected chi connectivity index (χ4v) is 8.21. The number of rotatable bonds is 5. The first-order chi connectivity index (χ1) is 15.1. The molecule has 0 aromatic heterocycles. The van der Waals surface area contributed by atoms with Gasteiger partial charge in [0.15, 0.2) is 5.78 Å².